The van der Waals surface area contributed by atoms with E-state index in [-0.39, 0.29) is 21.6 Å². The molecule has 0 atom stereocenters. The highest BCUT2D eigenvalue weighted by Gasteiger charge is 2.24. The molecule has 0 radical (unpaired) electrons. The molecule has 124 valence electrons. The van der Waals surface area contributed by atoms with Gasteiger partial charge in [0.05, 0.1) is 16.2 Å². The number of hydrogen-bond donors (Lipinski definition) is 1. The number of aromatic nitrogens is 3. The smallest absolute Gasteiger partial charge is 0.283 e. The minimum absolute atomic E-state index is 0.181. The lowest BCUT2D eigenvalue weighted by Crippen LogP contribution is -2.21. The number of nitrogens with zero attached hydrogens (tertiary/aromatic N) is 4. The molecule has 0 aliphatic rings. The van der Waals surface area contributed by atoms with Crippen molar-refractivity contribution in [1.29, 1.82) is 0 Å². The number of halogens is 1. The predicted octanol–water partition coefficient (Wildman–Crippen LogP) is 2.55. The summed E-state index contributed by atoms with van der Waals surface area (Å²) in [4.78, 5) is 13.8. The number of rotatable bonds is 4. The zero-order valence-corrected chi connectivity index (χ0v) is 14.5. The quantitative estimate of drug-likeness (QED) is 0.766. The molecule has 1 N–H and O–H groups in total. The molecular formula is C15H14ClN5O2S. The number of hydrogen-bond acceptors (Lipinski definition) is 6. The van der Waals surface area contributed by atoms with E-state index in [9.17, 15) is 8.42 Å². The standard InChI is InChI=1S/C15H14ClN5O2S/c1-21(2)14-15(19-9-8-18-14)24(22,23)20-13-11(16)6-5-10-4-3-7-17-12(10)13/h3-9,20H,1-2H3. The minimum atomic E-state index is -3.99. The molecule has 0 amide bonds. The summed E-state index contributed by atoms with van der Waals surface area (Å²) in [7, 11) is -0.613. The number of benzene rings is 1. The largest absolute Gasteiger partial charge is 0.360 e. The summed E-state index contributed by atoms with van der Waals surface area (Å²) in [5.41, 5.74) is 0.675. The van der Waals surface area contributed by atoms with Crippen LogP contribution in [0.1, 0.15) is 0 Å². The Kier molecular flexibility index (Phi) is 4.25. The van der Waals surface area contributed by atoms with Crippen molar-refractivity contribution in [2.24, 2.45) is 0 Å². The van der Waals surface area contributed by atoms with Crippen molar-refractivity contribution < 1.29 is 8.42 Å². The first kappa shape index (κ1) is 16.4. The molecule has 0 saturated heterocycles. The second kappa shape index (κ2) is 6.21. The molecule has 9 heteroatoms. The van der Waals surface area contributed by atoms with E-state index in [1.54, 1.807) is 43.4 Å². The first-order chi connectivity index (χ1) is 11.4. The summed E-state index contributed by atoms with van der Waals surface area (Å²) in [6, 6.07) is 6.98. The lowest BCUT2D eigenvalue weighted by Gasteiger charge is -2.16. The number of nitrogens with one attached hydrogen (secondary N) is 1. The molecule has 0 spiro atoms. The minimum Gasteiger partial charge on any atom is -0.360 e. The van der Waals surface area contributed by atoms with Gasteiger partial charge in [0.2, 0.25) is 5.03 Å². The normalized spacial score (nSPS) is 11.5. The number of anilines is 2. The van der Waals surface area contributed by atoms with E-state index < -0.39 is 10.0 Å². The van der Waals surface area contributed by atoms with Crippen molar-refractivity contribution >= 4 is 44.0 Å². The van der Waals surface area contributed by atoms with E-state index in [4.69, 9.17) is 11.6 Å². The Morgan fingerprint density at radius 2 is 1.79 bits per heavy atom. The van der Waals surface area contributed by atoms with Crippen LogP contribution in [-0.2, 0) is 10.0 Å². The predicted molar refractivity (Wildman–Crippen MR) is 93.9 cm³/mol. The maximum absolute atomic E-state index is 12.8. The van der Waals surface area contributed by atoms with E-state index in [1.807, 2.05) is 6.07 Å². The van der Waals surface area contributed by atoms with Crippen LogP contribution in [0.25, 0.3) is 10.9 Å². The van der Waals surface area contributed by atoms with Gasteiger partial charge in [-0.2, -0.15) is 8.42 Å². The molecule has 0 saturated carbocycles. The molecule has 1 aromatic carbocycles. The summed E-state index contributed by atoms with van der Waals surface area (Å²) in [6.45, 7) is 0. The Morgan fingerprint density at radius 1 is 1.04 bits per heavy atom. The lowest BCUT2D eigenvalue weighted by atomic mass is 10.2. The molecule has 0 fully saturated rings. The molecule has 0 aliphatic heterocycles. The number of fused-ring (bicyclic) bond motifs is 1. The van der Waals surface area contributed by atoms with Gasteiger partial charge >= 0.3 is 0 Å². The van der Waals surface area contributed by atoms with Gasteiger partial charge in [-0.05, 0) is 12.1 Å². The Morgan fingerprint density at radius 3 is 2.54 bits per heavy atom. The Hall–Kier alpha value is -2.45. The number of sulfonamides is 1. The van der Waals surface area contributed by atoms with Crippen LogP contribution in [0.15, 0.2) is 47.9 Å². The average molecular weight is 364 g/mol. The second-order valence-electron chi connectivity index (χ2n) is 5.18. The first-order valence-electron chi connectivity index (χ1n) is 6.94. The van der Waals surface area contributed by atoms with Gasteiger partial charge in [0.15, 0.2) is 5.82 Å². The van der Waals surface area contributed by atoms with Gasteiger partial charge in [-0.3, -0.25) is 9.71 Å². The molecule has 3 rings (SSSR count). The fraction of sp³-hybridized carbons (Fsp3) is 0.133. The van der Waals surface area contributed by atoms with Crippen LogP contribution in [0.4, 0.5) is 11.5 Å². The molecule has 2 heterocycles. The van der Waals surface area contributed by atoms with Gasteiger partial charge in [-0.1, -0.05) is 23.7 Å². The summed E-state index contributed by atoms with van der Waals surface area (Å²) in [5, 5.41) is 0.839. The highest BCUT2D eigenvalue weighted by Crippen LogP contribution is 2.32. The molecule has 0 aliphatic carbocycles. The fourth-order valence-electron chi connectivity index (χ4n) is 2.21. The Balaban J connectivity index is 2.14. The van der Waals surface area contributed by atoms with E-state index in [1.165, 1.54) is 12.4 Å². The van der Waals surface area contributed by atoms with Gasteiger partial charge < -0.3 is 4.90 Å². The monoisotopic (exact) mass is 363 g/mol. The Bertz CT molecular complexity index is 1010. The van der Waals surface area contributed by atoms with Crippen LogP contribution in [0.5, 0.6) is 0 Å². The van der Waals surface area contributed by atoms with Gasteiger partial charge in [0, 0.05) is 38.1 Å². The number of pyridine rings is 1. The van der Waals surface area contributed by atoms with E-state index >= 15 is 0 Å². The van der Waals surface area contributed by atoms with Gasteiger partial charge in [0.1, 0.15) is 0 Å². The van der Waals surface area contributed by atoms with Gasteiger partial charge in [0.25, 0.3) is 10.0 Å². The van der Waals surface area contributed by atoms with Crippen LogP contribution >= 0.6 is 11.6 Å². The molecule has 2 aromatic heterocycles. The fourth-order valence-corrected chi connectivity index (χ4v) is 3.72. The lowest BCUT2D eigenvalue weighted by molar-refractivity contribution is 0.597. The Labute approximate surface area is 144 Å². The van der Waals surface area contributed by atoms with Crippen LogP contribution in [0, 0.1) is 0 Å². The highest BCUT2D eigenvalue weighted by atomic mass is 35.5. The second-order valence-corrected chi connectivity index (χ2v) is 7.19. The van der Waals surface area contributed by atoms with Crippen molar-refractivity contribution in [2.75, 3.05) is 23.7 Å². The molecule has 0 bridgehead atoms. The first-order valence-corrected chi connectivity index (χ1v) is 8.80. The zero-order valence-electron chi connectivity index (χ0n) is 12.9. The van der Waals surface area contributed by atoms with Crippen molar-refractivity contribution in [1.82, 2.24) is 15.0 Å². The van der Waals surface area contributed by atoms with Crippen LogP contribution in [0.3, 0.4) is 0 Å². The summed E-state index contributed by atoms with van der Waals surface area (Å²) >= 11 is 6.19. The molecular weight excluding hydrogens is 350 g/mol. The summed E-state index contributed by atoms with van der Waals surface area (Å²) in [5.74, 6) is 0.231. The highest BCUT2D eigenvalue weighted by molar-refractivity contribution is 7.92. The average Bonchev–Trinajstić information content (AvgIpc) is 2.57. The van der Waals surface area contributed by atoms with E-state index in [0.29, 0.717) is 5.52 Å². The third kappa shape index (κ3) is 2.98. The topological polar surface area (TPSA) is 88.1 Å². The molecule has 24 heavy (non-hydrogen) atoms. The van der Waals surface area contributed by atoms with Gasteiger partial charge in [-0.25, -0.2) is 9.97 Å². The summed E-state index contributed by atoms with van der Waals surface area (Å²) in [6.07, 6.45) is 4.33. The van der Waals surface area contributed by atoms with Crippen LogP contribution in [-0.4, -0.2) is 37.5 Å². The third-order valence-electron chi connectivity index (χ3n) is 3.28. The molecule has 7 nitrogen and oxygen atoms in total. The van der Waals surface area contributed by atoms with Crippen molar-refractivity contribution in [3.8, 4) is 0 Å². The molecule has 3 aromatic rings. The van der Waals surface area contributed by atoms with Crippen LogP contribution in [0.2, 0.25) is 5.02 Å². The van der Waals surface area contributed by atoms with E-state index in [2.05, 4.69) is 19.7 Å². The van der Waals surface area contributed by atoms with Gasteiger partial charge in [-0.15, -0.1) is 0 Å². The zero-order chi connectivity index (χ0) is 17.3. The SMILES string of the molecule is CN(C)c1nccnc1S(=O)(=O)Nc1c(Cl)ccc2cccnc12. The molecule has 0 unspecified atom stereocenters. The summed E-state index contributed by atoms with van der Waals surface area (Å²) < 4.78 is 28.1. The van der Waals surface area contributed by atoms with Crippen LogP contribution < -0.4 is 9.62 Å². The maximum atomic E-state index is 12.8. The van der Waals surface area contributed by atoms with E-state index in [0.717, 1.165) is 5.39 Å². The van der Waals surface area contributed by atoms with Crippen molar-refractivity contribution in [3.63, 3.8) is 0 Å². The van der Waals surface area contributed by atoms with Crippen molar-refractivity contribution in [3.05, 3.63) is 47.9 Å². The maximum Gasteiger partial charge on any atom is 0.283 e. The third-order valence-corrected chi connectivity index (χ3v) is 4.87. The van der Waals surface area contributed by atoms with Crippen molar-refractivity contribution in [2.45, 2.75) is 5.03 Å².